The van der Waals surface area contributed by atoms with Crippen molar-refractivity contribution in [2.45, 2.75) is 6.42 Å². The third-order valence-electron chi connectivity index (χ3n) is 1.38. The van der Waals surface area contributed by atoms with Gasteiger partial charge in [-0.25, -0.2) is 8.42 Å². The maximum Gasteiger partial charge on any atom is 0.140 e. The lowest BCUT2D eigenvalue weighted by molar-refractivity contribution is 0.614. The van der Waals surface area contributed by atoms with Crippen LogP contribution in [0.3, 0.4) is 0 Å². The first-order valence-electron chi connectivity index (χ1n) is 2.95. The third kappa shape index (κ3) is 2.32. The summed E-state index contributed by atoms with van der Waals surface area (Å²) in [5, 5.41) is 3.07. The predicted octanol–water partition coefficient (Wildman–Crippen LogP) is -0.834. The van der Waals surface area contributed by atoms with Gasteiger partial charge in [0, 0.05) is 12.5 Å². The molecular weight excluding hydrogens is 138 g/mol. The number of rotatable bonds is 2. The van der Waals surface area contributed by atoms with E-state index in [4.69, 9.17) is 0 Å². The molecule has 1 rings (SSSR count). The second-order valence-corrected chi connectivity index (χ2v) is 3.15. The van der Waals surface area contributed by atoms with E-state index >= 15 is 0 Å². The van der Waals surface area contributed by atoms with Crippen LogP contribution in [-0.2, 0) is 10.7 Å². The zero-order valence-electron chi connectivity index (χ0n) is 5.09. The molecule has 0 spiro atoms. The number of nitrogens with one attached hydrogen (secondary N) is 1. The molecule has 1 aliphatic rings. The molecule has 0 atom stereocenters. The smallest absolute Gasteiger partial charge is 0.140 e. The fourth-order valence-electron chi connectivity index (χ4n) is 0.936. The Hall–Kier alpha value is -0.0900. The molecule has 1 fully saturated rings. The summed E-state index contributed by atoms with van der Waals surface area (Å²) >= 11 is 0. The molecule has 0 aromatic rings. The van der Waals surface area contributed by atoms with E-state index < -0.39 is 10.7 Å². The Morgan fingerprint density at radius 2 is 2.33 bits per heavy atom. The topological polar surface area (TPSA) is 46.2 Å². The molecule has 1 N–H and O–H groups in total. The van der Waals surface area contributed by atoms with Crippen LogP contribution in [0.4, 0.5) is 0 Å². The van der Waals surface area contributed by atoms with E-state index in [2.05, 4.69) is 5.32 Å². The van der Waals surface area contributed by atoms with E-state index in [1.54, 1.807) is 0 Å². The lowest BCUT2D eigenvalue weighted by Gasteiger charge is -1.97. The Morgan fingerprint density at radius 1 is 1.56 bits per heavy atom. The maximum absolute atomic E-state index is 10.1. The summed E-state index contributed by atoms with van der Waals surface area (Å²) in [6.07, 6.45) is 0.934. The highest BCUT2D eigenvalue weighted by Crippen LogP contribution is 2.08. The van der Waals surface area contributed by atoms with Gasteiger partial charge in [-0.3, -0.25) is 0 Å². The highest BCUT2D eigenvalue weighted by Gasteiger charge is 2.14. The molecule has 0 aliphatic carbocycles. The molecule has 0 amide bonds. The molecule has 53 valence electrons. The van der Waals surface area contributed by atoms with Crippen LogP contribution in [0, 0.1) is 5.92 Å². The van der Waals surface area contributed by atoms with Gasteiger partial charge in [0.15, 0.2) is 0 Å². The first kappa shape index (κ1) is 7.02. The summed E-state index contributed by atoms with van der Waals surface area (Å²) < 4.78 is 20.3. The zero-order chi connectivity index (χ0) is 6.69. The zero-order valence-corrected chi connectivity index (χ0v) is 5.99. The van der Waals surface area contributed by atoms with Gasteiger partial charge < -0.3 is 5.32 Å². The Morgan fingerprint density at radius 3 is 2.78 bits per heavy atom. The van der Waals surface area contributed by atoms with Crippen molar-refractivity contribution in [3.63, 3.8) is 0 Å². The van der Waals surface area contributed by atoms with Crippen LogP contribution in [0.5, 0.6) is 0 Å². The molecule has 0 aromatic carbocycles. The van der Waals surface area contributed by atoms with Gasteiger partial charge in [-0.1, -0.05) is 0 Å². The van der Waals surface area contributed by atoms with Gasteiger partial charge in [0.1, 0.15) is 10.7 Å². The average Bonchev–Trinajstić information content (AvgIpc) is 2.15. The molecule has 9 heavy (non-hydrogen) atoms. The third-order valence-corrected chi connectivity index (χ3v) is 2.09. The first-order valence-corrected chi connectivity index (χ1v) is 4.31. The van der Waals surface area contributed by atoms with Gasteiger partial charge in [0.05, 0.1) is 5.75 Å². The van der Waals surface area contributed by atoms with Crippen LogP contribution >= 0.6 is 0 Å². The van der Waals surface area contributed by atoms with Crippen molar-refractivity contribution in [2.24, 2.45) is 0 Å². The van der Waals surface area contributed by atoms with Crippen molar-refractivity contribution in [2.75, 3.05) is 18.8 Å². The van der Waals surface area contributed by atoms with E-state index in [0.29, 0.717) is 0 Å². The molecule has 0 saturated carbocycles. The van der Waals surface area contributed by atoms with E-state index in [9.17, 15) is 8.42 Å². The van der Waals surface area contributed by atoms with Gasteiger partial charge in [0.25, 0.3) is 0 Å². The number of thiol groups is 1. The van der Waals surface area contributed by atoms with E-state index in [1.165, 1.54) is 0 Å². The molecule has 0 unspecified atom stereocenters. The first-order chi connectivity index (χ1) is 4.29. The quantitative estimate of drug-likeness (QED) is 0.502. The Bertz CT molecular complexity index is 141. The standard InChI is InChI=1S/C5H10NO2S/c7-9(8)4-5-1-2-6-3-5/h6,9H,1-4H2. The Labute approximate surface area is 56.4 Å². The van der Waals surface area contributed by atoms with Crippen molar-refractivity contribution in [3.8, 4) is 0 Å². The predicted molar refractivity (Wildman–Crippen MR) is 35.9 cm³/mol. The second kappa shape index (κ2) is 3.17. The summed E-state index contributed by atoms with van der Waals surface area (Å²) in [7, 11) is -2.19. The number of hydrogen-bond acceptors (Lipinski definition) is 3. The molecule has 1 heterocycles. The molecule has 3 nitrogen and oxygen atoms in total. The summed E-state index contributed by atoms with van der Waals surface area (Å²) in [4.78, 5) is 0. The van der Waals surface area contributed by atoms with Crippen LogP contribution in [0.1, 0.15) is 6.42 Å². The molecular formula is C5H10NO2S. The van der Waals surface area contributed by atoms with Crippen molar-refractivity contribution >= 4 is 10.7 Å². The molecule has 0 bridgehead atoms. The minimum atomic E-state index is -2.19. The average molecular weight is 148 g/mol. The molecule has 1 radical (unpaired) electrons. The lowest BCUT2D eigenvalue weighted by Crippen LogP contribution is -2.10. The highest BCUT2D eigenvalue weighted by atomic mass is 32.2. The van der Waals surface area contributed by atoms with Crippen LogP contribution in [-0.4, -0.2) is 27.3 Å². The van der Waals surface area contributed by atoms with E-state index in [1.807, 2.05) is 0 Å². The summed E-state index contributed by atoms with van der Waals surface area (Å²) in [5.41, 5.74) is 0. The summed E-state index contributed by atoms with van der Waals surface area (Å²) in [5.74, 6) is 1.40. The van der Waals surface area contributed by atoms with Crippen molar-refractivity contribution < 1.29 is 8.42 Å². The molecule has 0 aromatic heterocycles. The van der Waals surface area contributed by atoms with Gasteiger partial charge in [-0.2, -0.15) is 0 Å². The van der Waals surface area contributed by atoms with Gasteiger partial charge in [-0.05, 0) is 13.0 Å². The van der Waals surface area contributed by atoms with Crippen molar-refractivity contribution in [3.05, 3.63) is 5.92 Å². The Kier molecular flexibility index (Phi) is 2.48. The van der Waals surface area contributed by atoms with Gasteiger partial charge in [0.2, 0.25) is 0 Å². The second-order valence-electron chi connectivity index (χ2n) is 2.17. The van der Waals surface area contributed by atoms with Crippen LogP contribution < -0.4 is 5.32 Å². The SMILES string of the molecule is O=[SH](=O)C[C]1CCNC1. The highest BCUT2D eigenvalue weighted by molar-refractivity contribution is 7.72. The molecule has 4 heteroatoms. The van der Waals surface area contributed by atoms with E-state index in [-0.39, 0.29) is 5.75 Å². The van der Waals surface area contributed by atoms with Gasteiger partial charge >= 0.3 is 0 Å². The minimum absolute atomic E-state index is 0.280. The molecule has 1 saturated heterocycles. The van der Waals surface area contributed by atoms with Crippen LogP contribution in [0.2, 0.25) is 0 Å². The lowest BCUT2D eigenvalue weighted by atomic mass is 10.2. The van der Waals surface area contributed by atoms with Gasteiger partial charge in [-0.15, -0.1) is 0 Å². The molecule has 1 aliphatic heterocycles. The fraction of sp³-hybridized carbons (Fsp3) is 0.800. The van der Waals surface area contributed by atoms with Crippen molar-refractivity contribution in [1.29, 1.82) is 0 Å². The minimum Gasteiger partial charge on any atom is -0.316 e. The fourth-order valence-corrected chi connectivity index (χ4v) is 1.57. The van der Waals surface area contributed by atoms with Crippen LogP contribution in [0.25, 0.3) is 0 Å². The van der Waals surface area contributed by atoms with Crippen molar-refractivity contribution in [1.82, 2.24) is 5.32 Å². The normalized spacial score (nSPS) is 21.4. The Balaban J connectivity index is 2.27. The number of hydrogen-bond donors (Lipinski definition) is 2. The largest absolute Gasteiger partial charge is 0.316 e. The maximum atomic E-state index is 10.1. The summed E-state index contributed by atoms with van der Waals surface area (Å²) in [6.45, 7) is 1.74. The summed E-state index contributed by atoms with van der Waals surface area (Å²) in [6, 6.07) is 0. The van der Waals surface area contributed by atoms with Crippen LogP contribution in [0.15, 0.2) is 0 Å². The van der Waals surface area contributed by atoms with E-state index in [0.717, 1.165) is 25.4 Å². The monoisotopic (exact) mass is 148 g/mol.